The number of carbonyl (C=O) groups is 1. The van der Waals surface area contributed by atoms with Crippen LogP contribution >= 0.6 is 0 Å². The molecule has 0 spiro atoms. The molecule has 3 aliphatic rings. The third-order valence-corrected chi connectivity index (χ3v) is 5.08. The number of fused-ring (bicyclic) bond motifs is 1. The number of hydrogen-bond donors (Lipinski definition) is 0. The van der Waals surface area contributed by atoms with Gasteiger partial charge in [0.2, 0.25) is 0 Å². The number of rotatable bonds is 3. The molecule has 0 amide bonds. The Kier molecular flexibility index (Phi) is 4.00. The van der Waals surface area contributed by atoms with Crippen molar-refractivity contribution in [2.24, 2.45) is 5.92 Å². The third kappa shape index (κ3) is 2.77. The summed E-state index contributed by atoms with van der Waals surface area (Å²) < 4.78 is 0. The van der Waals surface area contributed by atoms with Gasteiger partial charge >= 0.3 is 0 Å². The molecule has 3 fully saturated rings. The molecule has 0 aromatic heterocycles. The van der Waals surface area contributed by atoms with E-state index in [1.807, 2.05) is 0 Å². The minimum Gasteiger partial charge on any atom is -0.299 e. The summed E-state index contributed by atoms with van der Waals surface area (Å²) in [7, 11) is 0. The van der Waals surface area contributed by atoms with Gasteiger partial charge in [0.15, 0.2) is 0 Å². The number of ketones is 1. The van der Waals surface area contributed by atoms with Crippen molar-refractivity contribution in [2.75, 3.05) is 32.7 Å². The van der Waals surface area contributed by atoms with E-state index in [0.29, 0.717) is 11.7 Å². The molecular formula is C15H26N2O. The summed E-state index contributed by atoms with van der Waals surface area (Å²) in [6.07, 6.45) is 8.79. The molecule has 0 radical (unpaired) electrons. The molecule has 102 valence electrons. The van der Waals surface area contributed by atoms with Crippen LogP contribution in [0.1, 0.15) is 44.9 Å². The Hall–Kier alpha value is -0.410. The Labute approximate surface area is 111 Å². The lowest BCUT2D eigenvalue weighted by Crippen LogP contribution is -2.39. The zero-order chi connectivity index (χ0) is 12.4. The maximum Gasteiger partial charge on any atom is 0.149 e. The van der Waals surface area contributed by atoms with Crippen LogP contribution in [0, 0.1) is 5.92 Å². The molecule has 2 heterocycles. The van der Waals surface area contributed by atoms with Gasteiger partial charge in [-0.2, -0.15) is 0 Å². The first-order valence-electron chi connectivity index (χ1n) is 7.82. The molecule has 0 bridgehead atoms. The predicted molar refractivity (Wildman–Crippen MR) is 72.6 cm³/mol. The molecule has 3 nitrogen and oxygen atoms in total. The van der Waals surface area contributed by atoms with Gasteiger partial charge < -0.3 is 0 Å². The number of nitrogens with zero attached hydrogens (tertiary/aromatic N) is 2. The van der Waals surface area contributed by atoms with Gasteiger partial charge in [-0.05, 0) is 51.7 Å². The Morgan fingerprint density at radius 3 is 2.56 bits per heavy atom. The Bertz CT molecular complexity index is 299. The van der Waals surface area contributed by atoms with Crippen molar-refractivity contribution >= 4 is 5.78 Å². The van der Waals surface area contributed by atoms with Gasteiger partial charge in [0.05, 0.1) is 6.54 Å². The predicted octanol–water partition coefficient (Wildman–Crippen LogP) is 1.92. The highest BCUT2D eigenvalue weighted by Gasteiger charge is 2.30. The number of hydrogen-bond acceptors (Lipinski definition) is 3. The summed E-state index contributed by atoms with van der Waals surface area (Å²) in [5.41, 5.74) is 0. The van der Waals surface area contributed by atoms with Crippen LogP contribution in [-0.4, -0.2) is 54.3 Å². The average molecular weight is 250 g/mol. The van der Waals surface area contributed by atoms with Gasteiger partial charge in [-0.25, -0.2) is 0 Å². The van der Waals surface area contributed by atoms with Gasteiger partial charge in [0, 0.05) is 18.5 Å². The summed E-state index contributed by atoms with van der Waals surface area (Å²) in [6.45, 7) is 5.53. The van der Waals surface area contributed by atoms with Gasteiger partial charge in [-0.3, -0.25) is 14.6 Å². The van der Waals surface area contributed by atoms with E-state index in [1.165, 1.54) is 45.2 Å². The molecule has 18 heavy (non-hydrogen) atoms. The molecule has 2 saturated heterocycles. The van der Waals surface area contributed by atoms with Crippen LogP contribution in [0.3, 0.4) is 0 Å². The minimum atomic E-state index is 0.396. The molecule has 0 aromatic rings. The zero-order valence-corrected chi connectivity index (χ0v) is 11.4. The molecule has 0 N–H and O–H groups in total. The standard InChI is InChI=1S/C15H26N2O/c18-15(13-5-1-2-6-13)12-16-8-4-10-17-9-3-7-14(17)11-16/h13-14H,1-12H2. The van der Waals surface area contributed by atoms with Gasteiger partial charge in [-0.15, -0.1) is 0 Å². The third-order valence-electron chi connectivity index (χ3n) is 5.08. The summed E-state index contributed by atoms with van der Waals surface area (Å²) in [4.78, 5) is 17.3. The molecule has 1 aliphatic carbocycles. The van der Waals surface area contributed by atoms with Gasteiger partial charge in [0.25, 0.3) is 0 Å². The SMILES string of the molecule is O=C(CN1CCCN2CCCC2C1)C1CCCC1. The molecule has 1 saturated carbocycles. The van der Waals surface area contributed by atoms with E-state index in [2.05, 4.69) is 9.80 Å². The van der Waals surface area contributed by atoms with Crippen molar-refractivity contribution in [2.45, 2.75) is 51.0 Å². The molecule has 0 aromatic carbocycles. The second kappa shape index (κ2) is 5.70. The molecule has 2 aliphatic heterocycles. The molecule has 1 unspecified atom stereocenters. The van der Waals surface area contributed by atoms with Crippen molar-refractivity contribution in [3.8, 4) is 0 Å². The lowest BCUT2D eigenvalue weighted by Gasteiger charge is -2.25. The fourth-order valence-electron chi connectivity index (χ4n) is 4.02. The van der Waals surface area contributed by atoms with E-state index in [4.69, 9.17) is 0 Å². The van der Waals surface area contributed by atoms with E-state index in [9.17, 15) is 4.79 Å². The Morgan fingerprint density at radius 1 is 0.944 bits per heavy atom. The molecule has 3 rings (SSSR count). The molecule has 1 atom stereocenters. The zero-order valence-electron chi connectivity index (χ0n) is 11.4. The summed E-state index contributed by atoms with van der Waals surface area (Å²) in [6, 6.07) is 0.740. The van der Waals surface area contributed by atoms with E-state index in [0.717, 1.165) is 38.5 Å². The molecule has 3 heteroatoms. The maximum atomic E-state index is 12.3. The smallest absolute Gasteiger partial charge is 0.149 e. The van der Waals surface area contributed by atoms with Crippen molar-refractivity contribution in [1.82, 2.24) is 9.80 Å². The minimum absolute atomic E-state index is 0.396. The Balaban J connectivity index is 1.53. The highest BCUT2D eigenvalue weighted by atomic mass is 16.1. The monoisotopic (exact) mass is 250 g/mol. The van der Waals surface area contributed by atoms with Crippen LogP contribution in [0.4, 0.5) is 0 Å². The highest BCUT2D eigenvalue weighted by molar-refractivity contribution is 5.83. The van der Waals surface area contributed by atoms with Crippen LogP contribution in [0.5, 0.6) is 0 Å². The highest BCUT2D eigenvalue weighted by Crippen LogP contribution is 2.26. The lowest BCUT2D eigenvalue weighted by molar-refractivity contribution is -0.123. The lowest BCUT2D eigenvalue weighted by atomic mass is 10.0. The maximum absolute atomic E-state index is 12.3. The fourth-order valence-corrected chi connectivity index (χ4v) is 4.02. The van der Waals surface area contributed by atoms with Crippen molar-refractivity contribution in [3.05, 3.63) is 0 Å². The largest absolute Gasteiger partial charge is 0.299 e. The number of Topliss-reactive ketones (excluding diaryl/α,β-unsaturated/α-hetero) is 1. The molecular weight excluding hydrogens is 224 g/mol. The summed E-state index contributed by atoms with van der Waals surface area (Å²) >= 11 is 0. The van der Waals surface area contributed by atoms with E-state index in [-0.39, 0.29) is 0 Å². The normalized spacial score (nSPS) is 31.4. The second-order valence-corrected chi connectivity index (χ2v) is 6.37. The van der Waals surface area contributed by atoms with E-state index < -0.39 is 0 Å². The van der Waals surface area contributed by atoms with E-state index >= 15 is 0 Å². The first-order valence-corrected chi connectivity index (χ1v) is 7.82. The van der Waals surface area contributed by atoms with Gasteiger partial charge in [0.1, 0.15) is 5.78 Å². The topological polar surface area (TPSA) is 23.6 Å². The van der Waals surface area contributed by atoms with Crippen LogP contribution in [-0.2, 0) is 4.79 Å². The van der Waals surface area contributed by atoms with Crippen LogP contribution in [0.15, 0.2) is 0 Å². The van der Waals surface area contributed by atoms with Crippen molar-refractivity contribution in [1.29, 1.82) is 0 Å². The quantitative estimate of drug-likeness (QED) is 0.764. The Morgan fingerprint density at radius 2 is 1.72 bits per heavy atom. The van der Waals surface area contributed by atoms with Crippen LogP contribution in [0.25, 0.3) is 0 Å². The summed E-state index contributed by atoms with van der Waals surface area (Å²) in [5.74, 6) is 0.923. The van der Waals surface area contributed by atoms with Crippen LogP contribution in [0.2, 0.25) is 0 Å². The fraction of sp³-hybridized carbons (Fsp3) is 0.933. The van der Waals surface area contributed by atoms with E-state index in [1.54, 1.807) is 0 Å². The van der Waals surface area contributed by atoms with Crippen molar-refractivity contribution < 1.29 is 4.79 Å². The van der Waals surface area contributed by atoms with Gasteiger partial charge in [-0.1, -0.05) is 12.8 Å². The first kappa shape index (κ1) is 12.6. The van der Waals surface area contributed by atoms with Crippen molar-refractivity contribution in [3.63, 3.8) is 0 Å². The van der Waals surface area contributed by atoms with Crippen LogP contribution < -0.4 is 0 Å². The number of carbonyl (C=O) groups excluding carboxylic acids is 1. The average Bonchev–Trinajstić information content (AvgIpc) is 2.99. The second-order valence-electron chi connectivity index (χ2n) is 6.37. The summed E-state index contributed by atoms with van der Waals surface area (Å²) in [5, 5.41) is 0. The first-order chi connectivity index (χ1) is 8.83.